The number of carboxylic acid groups (broad SMARTS) is 2. The van der Waals surface area contributed by atoms with Gasteiger partial charge in [0.05, 0.1) is 18.4 Å². The first-order valence-electron chi connectivity index (χ1n) is 9.27. The van der Waals surface area contributed by atoms with E-state index < -0.39 is 24.3 Å². The number of hydrogen-bond donors (Lipinski definition) is 2. The van der Waals surface area contributed by atoms with Gasteiger partial charge in [-0.15, -0.1) is 0 Å². The molecule has 0 saturated carbocycles. The van der Waals surface area contributed by atoms with Gasteiger partial charge in [0.25, 0.3) is 0 Å². The zero-order valence-electron chi connectivity index (χ0n) is 16.3. The van der Waals surface area contributed by atoms with Crippen molar-refractivity contribution in [3.05, 3.63) is 83.4 Å². The van der Waals surface area contributed by atoms with E-state index in [-0.39, 0.29) is 17.6 Å². The number of esters is 1. The van der Waals surface area contributed by atoms with Crippen LogP contribution in [0.25, 0.3) is 16.3 Å². The van der Waals surface area contributed by atoms with Crippen molar-refractivity contribution >= 4 is 34.3 Å². The van der Waals surface area contributed by atoms with E-state index in [9.17, 15) is 19.5 Å². The summed E-state index contributed by atoms with van der Waals surface area (Å²) in [6.07, 6.45) is -1.08. The van der Waals surface area contributed by atoms with Gasteiger partial charge in [0.2, 0.25) is 0 Å². The first kappa shape index (κ1) is 20.8. The zero-order valence-corrected chi connectivity index (χ0v) is 16.3. The van der Waals surface area contributed by atoms with Gasteiger partial charge in [-0.05, 0) is 29.5 Å². The van der Waals surface area contributed by atoms with Crippen molar-refractivity contribution in [2.75, 3.05) is 0 Å². The number of aryl methyl sites for hydroxylation is 1. The number of benzene rings is 3. The first-order valence-corrected chi connectivity index (χ1v) is 9.27. The van der Waals surface area contributed by atoms with Gasteiger partial charge in [-0.1, -0.05) is 66.2 Å². The minimum absolute atomic E-state index is 0.120. The van der Waals surface area contributed by atoms with Gasteiger partial charge in [0, 0.05) is 5.39 Å². The fourth-order valence-electron chi connectivity index (χ4n) is 3.19. The van der Waals surface area contributed by atoms with Gasteiger partial charge in [-0.2, -0.15) is 0 Å². The summed E-state index contributed by atoms with van der Waals surface area (Å²) in [4.78, 5) is 35.7. The van der Waals surface area contributed by atoms with Gasteiger partial charge in [0.15, 0.2) is 0 Å². The third kappa shape index (κ3) is 4.91. The summed E-state index contributed by atoms with van der Waals surface area (Å²) in [6.45, 7) is 1.87. The summed E-state index contributed by atoms with van der Waals surface area (Å²) >= 11 is 0. The Labute approximate surface area is 173 Å². The molecule has 0 bridgehead atoms. The van der Waals surface area contributed by atoms with Crippen LogP contribution in [0.3, 0.4) is 0 Å². The molecule has 0 aliphatic rings. The number of hydrogen-bond acceptors (Lipinski definition) is 4. The number of carboxylic acids is 2. The molecule has 30 heavy (non-hydrogen) atoms. The Bertz CT molecular complexity index is 1140. The molecule has 0 amide bonds. The summed E-state index contributed by atoms with van der Waals surface area (Å²) in [7, 11) is 0. The number of ether oxygens (including phenoxy) is 1. The minimum Gasteiger partial charge on any atom is -0.481 e. The van der Waals surface area contributed by atoms with Gasteiger partial charge >= 0.3 is 17.9 Å². The van der Waals surface area contributed by atoms with Crippen LogP contribution in [0.2, 0.25) is 0 Å². The number of fused-ring (bicyclic) bond motifs is 1. The fourth-order valence-corrected chi connectivity index (χ4v) is 3.19. The molecule has 6 nitrogen and oxygen atoms in total. The lowest BCUT2D eigenvalue weighted by atomic mass is 9.94. The SMILES string of the molecule is Cc1ccc(C(CC(=O)Oc2cccc3ccccc23)=C(CC(=O)O)C(=O)O)cc1. The Balaban J connectivity index is 1.97. The zero-order chi connectivity index (χ0) is 21.7. The largest absolute Gasteiger partial charge is 0.481 e. The number of carbonyl (C=O) groups is 3. The molecule has 3 aromatic rings. The molecular formula is C24H20O6. The lowest BCUT2D eigenvalue weighted by molar-refractivity contribution is -0.139. The Morgan fingerprint density at radius 3 is 2.17 bits per heavy atom. The standard InChI is InChI=1S/C24H20O6/c1-15-9-11-17(12-10-15)19(20(24(28)29)13-22(25)26)14-23(27)30-21-8-4-6-16-5-2-3-7-18(16)21/h2-12H,13-14H2,1H3,(H,25,26)(H,28,29). The van der Waals surface area contributed by atoms with Gasteiger partial charge in [0.1, 0.15) is 5.75 Å². The summed E-state index contributed by atoms with van der Waals surface area (Å²) in [5.74, 6) is -2.99. The number of carbonyl (C=O) groups excluding carboxylic acids is 1. The summed E-state index contributed by atoms with van der Waals surface area (Å²) in [6, 6.07) is 19.6. The monoisotopic (exact) mass is 404 g/mol. The van der Waals surface area contributed by atoms with E-state index in [1.165, 1.54) is 0 Å². The molecule has 0 radical (unpaired) electrons. The maximum absolute atomic E-state index is 12.7. The lowest BCUT2D eigenvalue weighted by Crippen LogP contribution is -2.14. The van der Waals surface area contributed by atoms with Gasteiger partial charge in [-0.3, -0.25) is 9.59 Å². The molecule has 6 heteroatoms. The highest BCUT2D eigenvalue weighted by molar-refractivity contribution is 6.03. The number of aliphatic carboxylic acids is 2. The Morgan fingerprint density at radius 2 is 1.50 bits per heavy atom. The summed E-state index contributed by atoms with van der Waals surface area (Å²) in [5.41, 5.74) is 1.19. The molecule has 0 unspecified atom stereocenters. The third-order valence-electron chi connectivity index (χ3n) is 4.65. The van der Waals surface area contributed by atoms with Crippen molar-refractivity contribution in [2.45, 2.75) is 19.8 Å². The molecule has 0 aromatic heterocycles. The molecule has 3 aromatic carbocycles. The Hall–Kier alpha value is -3.93. The predicted octanol–water partition coefficient (Wildman–Crippen LogP) is 4.46. The lowest BCUT2D eigenvalue weighted by Gasteiger charge is -2.13. The summed E-state index contributed by atoms with van der Waals surface area (Å²) < 4.78 is 5.52. The second-order valence-corrected chi connectivity index (χ2v) is 6.83. The van der Waals surface area contributed by atoms with E-state index in [1.807, 2.05) is 37.3 Å². The molecule has 0 fully saturated rings. The van der Waals surface area contributed by atoms with Crippen LogP contribution in [0.5, 0.6) is 5.75 Å². The quantitative estimate of drug-likeness (QED) is 0.343. The average Bonchev–Trinajstić information content (AvgIpc) is 2.71. The molecule has 152 valence electrons. The third-order valence-corrected chi connectivity index (χ3v) is 4.65. The first-order chi connectivity index (χ1) is 14.3. The topological polar surface area (TPSA) is 101 Å². The van der Waals surface area contributed by atoms with E-state index in [0.717, 1.165) is 16.3 Å². The summed E-state index contributed by atoms with van der Waals surface area (Å²) in [5, 5.41) is 20.4. The smallest absolute Gasteiger partial charge is 0.332 e. The molecule has 3 rings (SSSR count). The van der Waals surface area contributed by atoms with Crippen molar-refractivity contribution in [3.8, 4) is 5.75 Å². The normalized spacial score (nSPS) is 11.6. The van der Waals surface area contributed by atoms with E-state index in [2.05, 4.69) is 0 Å². The minimum atomic E-state index is -1.38. The van der Waals surface area contributed by atoms with E-state index in [1.54, 1.807) is 36.4 Å². The molecule has 0 aliphatic heterocycles. The van der Waals surface area contributed by atoms with Crippen LogP contribution in [-0.4, -0.2) is 28.1 Å². The van der Waals surface area contributed by atoms with Crippen molar-refractivity contribution < 1.29 is 29.3 Å². The maximum atomic E-state index is 12.7. The van der Waals surface area contributed by atoms with Gasteiger partial charge < -0.3 is 14.9 Å². The highest BCUT2D eigenvalue weighted by atomic mass is 16.5. The van der Waals surface area contributed by atoms with Crippen molar-refractivity contribution in [1.82, 2.24) is 0 Å². The van der Waals surface area contributed by atoms with E-state index in [0.29, 0.717) is 11.3 Å². The van der Waals surface area contributed by atoms with Crippen LogP contribution in [0.15, 0.2) is 72.3 Å². The highest BCUT2D eigenvalue weighted by Crippen LogP contribution is 2.29. The molecular weight excluding hydrogens is 384 g/mol. The van der Waals surface area contributed by atoms with Crippen LogP contribution in [-0.2, 0) is 14.4 Å². The van der Waals surface area contributed by atoms with E-state index >= 15 is 0 Å². The molecule has 0 saturated heterocycles. The number of rotatable bonds is 7. The van der Waals surface area contributed by atoms with Crippen molar-refractivity contribution in [1.29, 1.82) is 0 Å². The molecule has 2 N–H and O–H groups in total. The van der Waals surface area contributed by atoms with Crippen LogP contribution in [0.1, 0.15) is 24.0 Å². The van der Waals surface area contributed by atoms with Gasteiger partial charge in [-0.25, -0.2) is 4.79 Å². The van der Waals surface area contributed by atoms with Crippen LogP contribution >= 0.6 is 0 Å². The second kappa shape index (κ2) is 9.05. The van der Waals surface area contributed by atoms with Crippen LogP contribution in [0, 0.1) is 6.92 Å². The molecule has 0 aliphatic carbocycles. The fraction of sp³-hybridized carbons (Fsp3) is 0.125. The maximum Gasteiger partial charge on any atom is 0.332 e. The predicted molar refractivity (Wildman–Crippen MR) is 112 cm³/mol. The van der Waals surface area contributed by atoms with E-state index in [4.69, 9.17) is 9.84 Å². The second-order valence-electron chi connectivity index (χ2n) is 6.83. The highest BCUT2D eigenvalue weighted by Gasteiger charge is 2.22. The van der Waals surface area contributed by atoms with Crippen molar-refractivity contribution in [2.24, 2.45) is 0 Å². The van der Waals surface area contributed by atoms with Crippen LogP contribution in [0.4, 0.5) is 0 Å². The average molecular weight is 404 g/mol. The Morgan fingerprint density at radius 1 is 0.833 bits per heavy atom. The molecule has 0 heterocycles. The molecule has 0 spiro atoms. The molecule has 0 atom stereocenters. The Kier molecular flexibility index (Phi) is 6.27. The van der Waals surface area contributed by atoms with Crippen molar-refractivity contribution in [3.63, 3.8) is 0 Å². The van der Waals surface area contributed by atoms with Crippen LogP contribution < -0.4 is 4.74 Å².